The van der Waals surface area contributed by atoms with E-state index in [0.29, 0.717) is 17.8 Å². The lowest BCUT2D eigenvalue weighted by Gasteiger charge is -2.09. The first kappa shape index (κ1) is 12.1. The molecule has 1 amide bonds. The highest BCUT2D eigenvalue weighted by atomic mass is 32.1. The zero-order valence-electron chi connectivity index (χ0n) is 8.47. The fourth-order valence-corrected chi connectivity index (χ4v) is 1.58. The number of amides is 1. The fraction of sp³-hybridized carbons (Fsp3) is 0.556. The topological polar surface area (TPSA) is 71.5 Å². The molecule has 0 radical (unpaired) electrons. The van der Waals surface area contributed by atoms with Crippen LogP contribution < -0.4 is 5.32 Å². The summed E-state index contributed by atoms with van der Waals surface area (Å²) in [5.41, 5.74) is 1.61. The van der Waals surface area contributed by atoms with Crippen molar-refractivity contribution in [1.82, 2.24) is 10.3 Å². The summed E-state index contributed by atoms with van der Waals surface area (Å²) >= 11 is 1.29. The largest absolute Gasteiger partial charge is 0.391 e. The van der Waals surface area contributed by atoms with Gasteiger partial charge in [-0.05, 0) is 6.42 Å². The summed E-state index contributed by atoms with van der Waals surface area (Å²) in [6.07, 6.45) is 1.47. The van der Waals surface area contributed by atoms with Gasteiger partial charge in [0.25, 0.3) is 5.91 Å². The molecular weight excluding hydrogens is 216 g/mol. The van der Waals surface area contributed by atoms with Gasteiger partial charge in [-0.25, -0.2) is 0 Å². The summed E-state index contributed by atoms with van der Waals surface area (Å²) in [5, 5.41) is 12.0. The number of methoxy groups -OCH3 is 1. The van der Waals surface area contributed by atoms with Gasteiger partial charge in [0.05, 0.1) is 24.4 Å². The summed E-state index contributed by atoms with van der Waals surface area (Å²) in [6, 6.07) is 0. The maximum atomic E-state index is 11.4. The lowest BCUT2D eigenvalue weighted by Crippen LogP contribution is -2.27. The number of carbonyl (C=O) groups is 1. The molecule has 1 atom stereocenters. The molecule has 1 heterocycles. The summed E-state index contributed by atoms with van der Waals surface area (Å²) < 4.78 is 4.76. The average molecular weight is 230 g/mol. The molecule has 0 aromatic carbocycles. The predicted octanol–water partition coefficient (Wildman–Crippen LogP) is 0.270. The Balaban J connectivity index is 2.18. The minimum Gasteiger partial charge on any atom is -0.391 e. The van der Waals surface area contributed by atoms with E-state index >= 15 is 0 Å². The second kappa shape index (κ2) is 6.49. The average Bonchev–Trinajstić information content (AvgIpc) is 2.70. The third kappa shape index (κ3) is 4.37. The van der Waals surface area contributed by atoms with Crippen LogP contribution in [0.2, 0.25) is 0 Å². The van der Waals surface area contributed by atoms with Crippen molar-refractivity contribution in [2.75, 3.05) is 20.3 Å². The van der Waals surface area contributed by atoms with Crippen LogP contribution in [0.25, 0.3) is 0 Å². The van der Waals surface area contributed by atoms with E-state index < -0.39 is 6.10 Å². The second-order valence-electron chi connectivity index (χ2n) is 3.02. The number of thiazole rings is 1. The smallest absolute Gasteiger partial charge is 0.262 e. The molecule has 6 heteroatoms. The molecule has 0 aliphatic heterocycles. The van der Waals surface area contributed by atoms with Crippen molar-refractivity contribution in [2.45, 2.75) is 12.5 Å². The molecule has 5 nitrogen and oxygen atoms in total. The van der Waals surface area contributed by atoms with Gasteiger partial charge < -0.3 is 15.2 Å². The van der Waals surface area contributed by atoms with E-state index in [2.05, 4.69) is 10.3 Å². The maximum absolute atomic E-state index is 11.4. The number of aliphatic hydroxyl groups excluding tert-OH is 1. The monoisotopic (exact) mass is 230 g/mol. The number of hydrogen-bond acceptors (Lipinski definition) is 5. The van der Waals surface area contributed by atoms with Crippen LogP contribution >= 0.6 is 11.3 Å². The molecule has 0 aliphatic carbocycles. The highest BCUT2D eigenvalue weighted by Crippen LogP contribution is 2.04. The number of nitrogens with one attached hydrogen (secondary N) is 1. The summed E-state index contributed by atoms with van der Waals surface area (Å²) in [4.78, 5) is 15.8. The molecule has 0 saturated heterocycles. The molecule has 0 fully saturated rings. The van der Waals surface area contributed by atoms with Crippen molar-refractivity contribution in [3.05, 3.63) is 16.6 Å². The fourth-order valence-electron chi connectivity index (χ4n) is 1.04. The van der Waals surface area contributed by atoms with E-state index in [1.807, 2.05) is 0 Å². The van der Waals surface area contributed by atoms with Crippen molar-refractivity contribution in [2.24, 2.45) is 0 Å². The molecule has 84 valence electrons. The minimum atomic E-state index is -0.531. The van der Waals surface area contributed by atoms with Crippen molar-refractivity contribution in [1.29, 1.82) is 0 Å². The number of aliphatic hydroxyl groups is 1. The molecule has 1 aromatic heterocycles. The molecule has 2 N–H and O–H groups in total. The Bertz CT molecular complexity index is 290. The zero-order chi connectivity index (χ0) is 11.1. The van der Waals surface area contributed by atoms with Gasteiger partial charge >= 0.3 is 0 Å². The first-order chi connectivity index (χ1) is 7.24. The van der Waals surface area contributed by atoms with Crippen LogP contribution in [0.5, 0.6) is 0 Å². The van der Waals surface area contributed by atoms with E-state index in [1.165, 1.54) is 24.6 Å². The summed E-state index contributed by atoms with van der Waals surface area (Å²) in [5.74, 6) is -0.151. The molecule has 1 rings (SSSR count). The number of ether oxygens (including phenoxy) is 1. The van der Waals surface area contributed by atoms with E-state index in [9.17, 15) is 9.90 Å². The highest BCUT2D eigenvalue weighted by molar-refractivity contribution is 7.11. The van der Waals surface area contributed by atoms with E-state index in [0.717, 1.165) is 0 Å². The summed E-state index contributed by atoms with van der Waals surface area (Å²) in [7, 11) is 1.53. The number of nitrogens with zero attached hydrogens (tertiary/aromatic N) is 1. The van der Waals surface area contributed by atoms with Crippen molar-refractivity contribution in [3.8, 4) is 0 Å². The molecule has 15 heavy (non-hydrogen) atoms. The Morgan fingerprint density at radius 3 is 3.20 bits per heavy atom. The van der Waals surface area contributed by atoms with Gasteiger partial charge in [0.2, 0.25) is 0 Å². The number of hydrogen-bond donors (Lipinski definition) is 2. The second-order valence-corrected chi connectivity index (χ2v) is 3.91. The van der Waals surface area contributed by atoms with E-state index in [-0.39, 0.29) is 12.5 Å². The Kier molecular flexibility index (Phi) is 5.23. The minimum absolute atomic E-state index is 0.151. The first-order valence-electron chi connectivity index (χ1n) is 4.57. The third-order valence-electron chi connectivity index (χ3n) is 1.78. The lowest BCUT2D eigenvalue weighted by molar-refractivity contribution is 0.0588. The Morgan fingerprint density at radius 1 is 1.80 bits per heavy atom. The van der Waals surface area contributed by atoms with Gasteiger partial charge in [-0.2, -0.15) is 0 Å². The van der Waals surface area contributed by atoms with Crippen LogP contribution in [-0.2, 0) is 4.74 Å². The SMILES string of the molecule is COCC(O)CCNC(=O)c1cncs1. The van der Waals surface area contributed by atoms with Gasteiger partial charge in [0.15, 0.2) is 0 Å². The van der Waals surface area contributed by atoms with Crippen LogP contribution in [0.15, 0.2) is 11.7 Å². The van der Waals surface area contributed by atoms with Crippen molar-refractivity contribution >= 4 is 17.2 Å². The third-order valence-corrected chi connectivity index (χ3v) is 2.55. The Hall–Kier alpha value is -0.980. The van der Waals surface area contributed by atoms with Gasteiger partial charge in [-0.3, -0.25) is 9.78 Å². The molecule has 0 aliphatic rings. The van der Waals surface area contributed by atoms with Crippen LogP contribution in [0.1, 0.15) is 16.1 Å². The number of aromatic nitrogens is 1. The normalized spacial score (nSPS) is 12.4. The van der Waals surface area contributed by atoms with Crippen molar-refractivity contribution in [3.63, 3.8) is 0 Å². The number of carbonyl (C=O) groups excluding carboxylic acids is 1. The molecule has 1 unspecified atom stereocenters. The van der Waals surface area contributed by atoms with Gasteiger partial charge in [0, 0.05) is 13.7 Å². The standard InChI is InChI=1S/C9H14N2O3S/c1-14-5-7(12)2-3-11-9(13)8-4-10-6-15-8/h4,6-7,12H,2-3,5H2,1H3,(H,11,13). The van der Waals surface area contributed by atoms with Crippen LogP contribution in [-0.4, -0.2) is 42.4 Å². The quantitative estimate of drug-likeness (QED) is 0.736. The van der Waals surface area contributed by atoms with Gasteiger partial charge in [0.1, 0.15) is 4.88 Å². The summed E-state index contributed by atoms with van der Waals surface area (Å²) in [6.45, 7) is 0.720. The van der Waals surface area contributed by atoms with E-state index in [4.69, 9.17) is 4.74 Å². The number of rotatable bonds is 6. The Labute approximate surface area is 92.1 Å². The molecule has 1 aromatic rings. The molecule has 0 spiro atoms. The van der Waals surface area contributed by atoms with Crippen LogP contribution in [0, 0.1) is 0 Å². The van der Waals surface area contributed by atoms with Crippen molar-refractivity contribution < 1.29 is 14.6 Å². The van der Waals surface area contributed by atoms with Crippen LogP contribution in [0.3, 0.4) is 0 Å². The molecule has 0 saturated carbocycles. The zero-order valence-corrected chi connectivity index (χ0v) is 9.29. The van der Waals surface area contributed by atoms with Gasteiger partial charge in [-0.1, -0.05) is 0 Å². The molecule has 0 bridgehead atoms. The Morgan fingerprint density at radius 2 is 2.60 bits per heavy atom. The molecular formula is C9H14N2O3S. The van der Waals surface area contributed by atoms with E-state index in [1.54, 1.807) is 5.51 Å². The predicted molar refractivity (Wildman–Crippen MR) is 56.9 cm³/mol. The first-order valence-corrected chi connectivity index (χ1v) is 5.45. The van der Waals surface area contributed by atoms with Crippen LogP contribution in [0.4, 0.5) is 0 Å². The maximum Gasteiger partial charge on any atom is 0.262 e. The lowest BCUT2D eigenvalue weighted by atomic mass is 10.2. The van der Waals surface area contributed by atoms with Gasteiger partial charge in [-0.15, -0.1) is 11.3 Å². The highest BCUT2D eigenvalue weighted by Gasteiger charge is 2.08.